The maximum absolute atomic E-state index is 12.1. The number of aliphatic hydroxyl groups is 6. The lowest BCUT2D eigenvalue weighted by atomic mass is 9.77. The monoisotopic (exact) mass is 740 g/mol. The summed E-state index contributed by atoms with van der Waals surface area (Å²) in [6.07, 6.45) is -14.2. The molecule has 0 radical (unpaired) electrons. The fourth-order valence-electron chi connectivity index (χ4n) is 7.07. The number of aliphatic hydroxyl groups excluding tert-OH is 6. The third-order valence-corrected chi connectivity index (χ3v) is 9.76. The molecule has 0 aromatic heterocycles. The zero-order chi connectivity index (χ0) is 38.0. The predicted molar refractivity (Wildman–Crippen MR) is 176 cm³/mol. The number of phenols is 7. The average molecular weight is 741 g/mol. The molecular formula is C36H36O17. The van der Waals surface area contributed by atoms with Crippen LogP contribution in [0.15, 0.2) is 54.6 Å². The smallest absolute Gasteiger partial charge is 0.229 e. The molecule has 17 nitrogen and oxygen atoms in total. The van der Waals surface area contributed by atoms with Gasteiger partial charge in [-0.15, -0.1) is 0 Å². The molecule has 0 unspecified atom stereocenters. The van der Waals surface area contributed by atoms with Gasteiger partial charge in [-0.3, -0.25) is 0 Å². The Bertz CT molecular complexity index is 2030. The summed E-state index contributed by atoms with van der Waals surface area (Å²) < 4.78 is 23.5. The Morgan fingerprint density at radius 1 is 0.585 bits per heavy atom. The Balaban J connectivity index is 1.37. The minimum Gasteiger partial charge on any atom is -0.507 e. The van der Waals surface area contributed by atoms with E-state index in [-0.39, 0.29) is 51.5 Å². The van der Waals surface area contributed by atoms with Gasteiger partial charge in [0.15, 0.2) is 29.1 Å². The quantitative estimate of drug-likeness (QED) is 0.120. The van der Waals surface area contributed by atoms with Gasteiger partial charge in [0.2, 0.25) is 6.29 Å². The van der Waals surface area contributed by atoms with E-state index >= 15 is 0 Å². The van der Waals surface area contributed by atoms with Gasteiger partial charge in [0, 0.05) is 41.3 Å². The minimum absolute atomic E-state index is 0.0191. The molecule has 282 valence electrons. The summed E-state index contributed by atoms with van der Waals surface area (Å²) in [5.74, 6) is -5.76. The highest BCUT2D eigenvalue weighted by molar-refractivity contribution is 5.66. The number of rotatable bonds is 6. The Labute approximate surface area is 299 Å². The van der Waals surface area contributed by atoms with Crippen LogP contribution < -0.4 is 14.2 Å². The number of fused-ring (bicyclic) bond motifs is 2. The Hall–Kier alpha value is -5.40. The molecule has 0 bridgehead atoms. The minimum atomic E-state index is -1.81. The standard InChI is InChI=1S/C36H36O17/c37-11-25-29(46)31(48)32(49)36(52-25)50-14-7-21(43)26-24(8-14)51-34(13-2-4-17(39)20(42)6-13)30(47)28(26)27-22(44)10-18(40)15-9-23(45)33(53-35(15)27)12-1-3-16(38)19(41)5-12/h1-8,10,23,25,28-34,36-49H,9,11H2/t23-,25+,28-,29+,30-,31-,32+,33+,34+,36+/m0/s1. The van der Waals surface area contributed by atoms with Gasteiger partial charge in [0.05, 0.1) is 18.6 Å². The molecule has 3 heterocycles. The van der Waals surface area contributed by atoms with Gasteiger partial charge in [0.1, 0.15) is 71.1 Å². The highest BCUT2D eigenvalue weighted by Gasteiger charge is 2.48. The average Bonchev–Trinajstić information content (AvgIpc) is 3.11. The van der Waals surface area contributed by atoms with Crippen molar-refractivity contribution in [2.24, 2.45) is 0 Å². The van der Waals surface area contributed by atoms with Crippen LogP contribution in [0.25, 0.3) is 0 Å². The van der Waals surface area contributed by atoms with E-state index in [1.807, 2.05) is 0 Å². The summed E-state index contributed by atoms with van der Waals surface area (Å²) in [5, 5.41) is 138. The molecule has 0 saturated carbocycles. The van der Waals surface area contributed by atoms with Crippen molar-refractivity contribution in [3.63, 3.8) is 0 Å². The number of ether oxygens (including phenoxy) is 4. The SMILES string of the molecule is OC[C@H]1O[C@@H](Oc2cc(O)c3c(c2)O[C@H](c2ccc(O)c(O)c2)[C@@H](O)[C@@H]3c2c(O)cc(O)c3c2O[C@H](c2ccc(O)c(O)c2)[C@@H](O)C3)[C@H](O)[C@@H](O)[C@@H]1O. The van der Waals surface area contributed by atoms with Crippen LogP contribution in [0.1, 0.15) is 45.9 Å². The van der Waals surface area contributed by atoms with Crippen molar-refractivity contribution in [1.29, 1.82) is 0 Å². The van der Waals surface area contributed by atoms with Crippen molar-refractivity contribution in [3.8, 4) is 57.5 Å². The molecule has 1 saturated heterocycles. The zero-order valence-electron chi connectivity index (χ0n) is 27.3. The second-order valence-electron chi connectivity index (χ2n) is 13.1. The summed E-state index contributed by atoms with van der Waals surface area (Å²) in [5.41, 5.74) is 0.0144. The van der Waals surface area contributed by atoms with Crippen LogP contribution in [-0.2, 0) is 11.2 Å². The van der Waals surface area contributed by atoms with E-state index in [1.165, 1.54) is 24.3 Å². The Morgan fingerprint density at radius 3 is 1.83 bits per heavy atom. The molecule has 1 fully saturated rings. The molecule has 4 aromatic rings. The highest BCUT2D eigenvalue weighted by Crippen LogP contribution is 2.57. The molecule has 7 rings (SSSR count). The molecular weight excluding hydrogens is 704 g/mol. The number of phenolic OH excluding ortho intramolecular Hbond substituents is 7. The van der Waals surface area contributed by atoms with E-state index in [4.69, 9.17) is 18.9 Å². The summed E-state index contributed by atoms with van der Waals surface area (Å²) in [6, 6.07) is 10.5. The predicted octanol–water partition coefficient (Wildman–Crippen LogP) is 0.468. The molecule has 0 aliphatic carbocycles. The fourth-order valence-corrected chi connectivity index (χ4v) is 7.07. The molecule has 17 heteroatoms. The second kappa shape index (κ2) is 13.5. The van der Waals surface area contributed by atoms with Crippen molar-refractivity contribution in [1.82, 2.24) is 0 Å². The van der Waals surface area contributed by atoms with E-state index in [1.54, 1.807) is 0 Å². The first-order valence-corrected chi connectivity index (χ1v) is 16.3. The molecule has 4 aromatic carbocycles. The fraction of sp³-hybridized carbons (Fsp3) is 0.333. The summed E-state index contributed by atoms with van der Waals surface area (Å²) in [4.78, 5) is 0. The van der Waals surface area contributed by atoms with Crippen LogP contribution in [0.5, 0.6) is 57.5 Å². The molecule has 53 heavy (non-hydrogen) atoms. The van der Waals surface area contributed by atoms with Gasteiger partial charge in [-0.2, -0.15) is 0 Å². The van der Waals surface area contributed by atoms with E-state index in [9.17, 15) is 66.4 Å². The lowest BCUT2D eigenvalue weighted by Gasteiger charge is -2.41. The van der Waals surface area contributed by atoms with Gasteiger partial charge >= 0.3 is 0 Å². The van der Waals surface area contributed by atoms with Crippen molar-refractivity contribution in [2.45, 2.75) is 67.5 Å². The van der Waals surface area contributed by atoms with Gasteiger partial charge in [-0.1, -0.05) is 12.1 Å². The molecule has 13 N–H and O–H groups in total. The first-order chi connectivity index (χ1) is 25.2. The van der Waals surface area contributed by atoms with Gasteiger partial charge in [-0.05, 0) is 35.4 Å². The maximum atomic E-state index is 12.1. The van der Waals surface area contributed by atoms with Crippen molar-refractivity contribution >= 4 is 0 Å². The molecule has 3 aliphatic rings. The van der Waals surface area contributed by atoms with Crippen LogP contribution in [0.2, 0.25) is 0 Å². The Kier molecular flexibility index (Phi) is 9.19. The lowest BCUT2D eigenvalue weighted by Crippen LogP contribution is -2.60. The largest absolute Gasteiger partial charge is 0.507 e. The van der Waals surface area contributed by atoms with E-state index in [0.29, 0.717) is 0 Å². The topological polar surface area (TPSA) is 300 Å². The van der Waals surface area contributed by atoms with Gasteiger partial charge in [0.25, 0.3) is 0 Å². The van der Waals surface area contributed by atoms with Crippen molar-refractivity contribution in [2.75, 3.05) is 6.61 Å². The first kappa shape index (κ1) is 36.0. The van der Waals surface area contributed by atoms with Crippen molar-refractivity contribution < 1.29 is 85.3 Å². The highest BCUT2D eigenvalue weighted by atomic mass is 16.7. The molecule has 0 spiro atoms. The number of hydrogen-bond donors (Lipinski definition) is 13. The zero-order valence-corrected chi connectivity index (χ0v) is 27.3. The summed E-state index contributed by atoms with van der Waals surface area (Å²) in [6.45, 7) is -0.738. The number of hydrogen-bond acceptors (Lipinski definition) is 17. The number of aromatic hydroxyl groups is 7. The molecule has 0 amide bonds. The van der Waals surface area contributed by atoms with Crippen LogP contribution in [0.4, 0.5) is 0 Å². The van der Waals surface area contributed by atoms with Crippen LogP contribution in [0, 0.1) is 0 Å². The lowest BCUT2D eigenvalue weighted by molar-refractivity contribution is -0.277. The van der Waals surface area contributed by atoms with E-state index < -0.39 is 108 Å². The summed E-state index contributed by atoms with van der Waals surface area (Å²) >= 11 is 0. The second-order valence-corrected chi connectivity index (χ2v) is 13.1. The van der Waals surface area contributed by atoms with Gasteiger partial charge < -0.3 is 85.3 Å². The molecule has 3 aliphatic heterocycles. The Morgan fingerprint density at radius 2 is 1.21 bits per heavy atom. The van der Waals surface area contributed by atoms with Crippen molar-refractivity contribution in [3.05, 3.63) is 82.4 Å². The first-order valence-electron chi connectivity index (χ1n) is 16.3. The van der Waals surface area contributed by atoms with E-state index in [2.05, 4.69) is 0 Å². The van der Waals surface area contributed by atoms with Crippen LogP contribution in [0.3, 0.4) is 0 Å². The maximum Gasteiger partial charge on any atom is 0.229 e. The van der Waals surface area contributed by atoms with Crippen LogP contribution in [-0.4, -0.2) is 116 Å². The molecule has 10 atom stereocenters. The third-order valence-electron chi connectivity index (χ3n) is 9.76. The normalized spacial score (nSPS) is 29.3. The number of benzene rings is 4. The summed E-state index contributed by atoms with van der Waals surface area (Å²) in [7, 11) is 0. The van der Waals surface area contributed by atoms with E-state index in [0.717, 1.165) is 30.3 Å². The van der Waals surface area contributed by atoms with Gasteiger partial charge in [-0.25, -0.2) is 0 Å². The third kappa shape index (κ3) is 6.17. The van der Waals surface area contributed by atoms with Crippen LogP contribution >= 0.6 is 0 Å².